The predicted octanol–water partition coefficient (Wildman–Crippen LogP) is 5.41. The van der Waals surface area contributed by atoms with E-state index in [4.69, 9.17) is 21.4 Å². The van der Waals surface area contributed by atoms with Gasteiger partial charge in [-0.25, -0.2) is 14.5 Å². The van der Waals surface area contributed by atoms with Crippen molar-refractivity contribution in [1.29, 1.82) is 0 Å². The van der Waals surface area contributed by atoms with Crippen LogP contribution >= 0.6 is 23.4 Å². The second-order valence-corrected chi connectivity index (χ2v) is 9.60. The van der Waals surface area contributed by atoms with E-state index in [2.05, 4.69) is 4.99 Å². The van der Waals surface area contributed by atoms with Gasteiger partial charge in [-0.15, -0.1) is 0 Å². The second-order valence-electron chi connectivity index (χ2n) is 8.10. The summed E-state index contributed by atoms with van der Waals surface area (Å²) in [5.41, 5.74) is 3.92. The van der Waals surface area contributed by atoms with Gasteiger partial charge in [0.1, 0.15) is 6.04 Å². The number of hydrogen-bond acceptors (Lipinski definition) is 6. The van der Waals surface area contributed by atoms with Crippen LogP contribution in [0.4, 0.5) is 0 Å². The van der Waals surface area contributed by atoms with Gasteiger partial charge in [0.25, 0.3) is 0 Å². The van der Waals surface area contributed by atoms with Gasteiger partial charge in [-0.05, 0) is 38.1 Å². The fourth-order valence-electron chi connectivity index (χ4n) is 4.29. The number of benzene rings is 2. The van der Waals surface area contributed by atoms with Crippen molar-refractivity contribution < 1.29 is 14.3 Å². The molecule has 1 aromatic heterocycles. The van der Waals surface area contributed by atoms with E-state index in [1.54, 1.807) is 35.6 Å². The lowest BCUT2D eigenvalue weighted by Gasteiger charge is -2.38. The predicted molar refractivity (Wildman–Crippen MR) is 137 cm³/mol. The monoisotopic (exact) mass is 506 g/mol. The average Bonchev–Trinajstić information content (AvgIpc) is 3.29. The van der Waals surface area contributed by atoms with Crippen molar-refractivity contribution in [3.05, 3.63) is 82.7 Å². The molecule has 1 saturated heterocycles. The molecule has 9 heteroatoms. The highest BCUT2D eigenvalue weighted by Gasteiger charge is 2.43. The highest BCUT2D eigenvalue weighted by molar-refractivity contribution is 8.14. The molecule has 5 rings (SSSR count). The molecule has 0 aliphatic carbocycles. The van der Waals surface area contributed by atoms with E-state index >= 15 is 0 Å². The highest BCUT2D eigenvalue weighted by atomic mass is 35.5. The summed E-state index contributed by atoms with van der Waals surface area (Å²) in [5, 5.41) is 6.09. The molecule has 0 radical (unpaired) electrons. The van der Waals surface area contributed by atoms with Crippen LogP contribution in [0.15, 0.2) is 77.1 Å². The summed E-state index contributed by atoms with van der Waals surface area (Å²) in [5.74, 6) is 0.0722. The summed E-state index contributed by atoms with van der Waals surface area (Å²) in [4.78, 5) is 32.7. The molecule has 2 aliphatic heterocycles. The molecule has 0 saturated carbocycles. The molecule has 178 valence electrons. The first-order valence-corrected chi connectivity index (χ1v) is 12.7. The summed E-state index contributed by atoms with van der Waals surface area (Å²) in [7, 11) is 0. The van der Waals surface area contributed by atoms with E-state index in [0.29, 0.717) is 44.9 Å². The lowest BCUT2D eigenvalue weighted by molar-refractivity contribution is -0.139. The molecule has 35 heavy (non-hydrogen) atoms. The van der Waals surface area contributed by atoms with Crippen molar-refractivity contribution in [2.75, 3.05) is 12.4 Å². The van der Waals surface area contributed by atoms with E-state index in [1.807, 2.05) is 48.7 Å². The lowest BCUT2D eigenvalue weighted by atomic mass is 9.92. The van der Waals surface area contributed by atoms with Crippen molar-refractivity contribution in [3.63, 3.8) is 0 Å². The number of para-hydroxylation sites is 1. The Kier molecular flexibility index (Phi) is 6.49. The van der Waals surface area contributed by atoms with Crippen LogP contribution in [-0.4, -0.2) is 44.1 Å². The van der Waals surface area contributed by atoms with Gasteiger partial charge in [0.05, 0.1) is 29.3 Å². The minimum atomic E-state index is -0.718. The molecule has 1 atom stereocenters. The maximum atomic E-state index is 13.2. The number of hydrogen-bond donors (Lipinski definition) is 0. The molecule has 0 spiro atoms. The summed E-state index contributed by atoms with van der Waals surface area (Å²) >= 11 is 7.66. The Labute approximate surface area is 212 Å². The highest BCUT2D eigenvalue weighted by Crippen LogP contribution is 2.43. The SMILES string of the molecule is CCOC(=O)C1=C(C)N=C2SCCC(=O)N2C1c1cn(-c2ccccc2)nc1-c1ccc(Cl)cc1. The number of amidine groups is 1. The van der Waals surface area contributed by atoms with Gasteiger partial charge in [0, 0.05) is 34.5 Å². The third-order valence-electron chi connectivity index (χ3n) is 5.88. The Balaban J connectivity index is 1.75. The Morgan fingerprint density at radius 1 is 1.17 bits per heavy atom. The normalized spacial score (nSPS) is 17.8. The number of nitrogens with zero attached hydrogens (tertiary/aromatic N) is 4. The van der Waals surface area contributed by atoms with E-state index in [1.165, 1.54) is 11.8 Å². The van der Waals surface area contributed by atoms with Crippen LogP contribution < -0.4 is 0 Å². The lowest BCUT2D eigenvalue weighted by Crippen LogP contribution is -2.45. The zero-order chi connectivity index (χ0) is 24.5. The Morgan fingerprint density at radius 3 is 2.63 bits per heavy atom. The first kappa shape index (κ1) is 23.4. The molecular formula is C26H23ClN4O3S. The number of allylic oxidation sites excluding steroid dienone is 1. The molecule has 2 aromatic carbocycles. The largest absolute Gasteiger partial charge is 0.463 e. The Bertz CT molecular complexity index is 1350. The molecule has 2 aliphatic rings. The Hall–Kier alpha value is -3.36. The van der Waals surface area contributed by atoms with Gasteiger partial charge >= 0.3 is 5.97 Å². The first-order chi connectivity index (χ1) is 17.0. The zero-order valence-corrected chi connectivity index (χ0v) is 20.8. The van der Waals surface area contributed by atoms with E-state index in [9.17, 15) is 9.59 Å². The fraction of sp³-hybridized carbons (Fsp3) is 0.231. The van der Waals surface area contributed by atoms with Crippen molar-refractivity contribution in [1.82, 2.24) is 14.7 Å². The van der Waals surface area contributed by atoms with Crippen molar-refractivity contribution >= 4 is 40.4 Å². The van der Waals surface area contributed by atoms with Crippen LogP contribution in [0.5, 0.6) is 0 Å². The Morgan fingerprint density at radius 2 is 1.91 bits per heavy atom. The average molecular weight is 507 g/mol. The van der Waals surface area contributed by atoms with Crippen molar-refractivity contribution in [3.8, 4) is 16.9 Å². The van der Waals surface area contributed by atoms with Crippen LogP contribution in [-0.2, 0) is 14.3 Å². The third kappa shape index (κ3) is 4.39. The molecule has 3 aromatic rings. The van der Waals surface area contributed by atoms with Crippen LogP contribution in [0.1, 0.15) is 31.9 Å². The maximum absolute atomic E-state index is 13.2. The van der Waals surface area contributed by atoms with Crippen LogP contribution in [0.3, 0.4) is 0 Å². The minimum absolute atomic E-state index is 0.0867. The van der Waals surface area contributed by atoms with E-state index in [-0.39, 0.29) is 12.5 Å². The number of carbonyl (C=O) groups is 2. The van der Waals surface area contributed by atoms with Crippen molar-refractivity contribution in [2.24, 2.45) is 4.99 Å². The quantitative estimate of drug-likeness (QED) is 0.433. The van der Waals surface area contributed by atoms with Crippen molar-refractivity contribution in [2.45, 2.75) is 26.3 Å². The van der Waals surface area contributed by atoms with Crippen LogP contribution in [0.25, 0.3) is 16.9 Å². The minimum Gasteiger partial charge on any atom is -0.463 e. The summed E-state index contributed by atoms with van der Waals surface area (Å²) in [6, 6.07) is 16.3. The van der Waals surface area contributed by atoms with Gasteiger partial charge in [0.15, 0.2) is 5.17 Å². The summed E-state index contributed by atoms with van der Waals surface area (Å²) in [6.45, 7) is 3.76. The summed E-state index contributed by atoms with van der Waals surface area (Å²) < 4.78 is 7.18. The second kappa shape index (κ2) is 9.71. The van der Waals surface area contributed by atoms with Gasteiger partial charge in [-0.1, -0.05) is 53.7 Å². The number of aromatic nitrogens is 2. The van der Waals surface area contributed by atoms with Gasteiger partial charge < -0.3 is 4.74 Å². The molecule has 3 heterocycles. The maximum Gasteiger partial charge on any atom is 0.338 e. The van der Waals surface area contributed by atoms with Crippen LogP contribution in [0, 0.1) is 0 Å². The topological polar surface area (TPSA) is 76.8 Å². The molecule has 1 unspecified atom stereocenters. The van der Waals surface area contributed by atoms with Gasteiger partial charge in [0.2, 0.25) is 5.91 Å². The van der Waals surface area contributed by atoms with Gasteiger partial charge in [-0.3, -0.25) is 9.69 Å². The number of thioether (sulfide) groups is 1. The standard InChI is InChI=1S/C26H23ClN4O3S/c1-3-34-25(33)22-16(2)28-26-31(21(32)13-14-35-26)24(22)20-15-30(19-7-5-4-6-8-19)29-23(20)17-9-11-18(27)12-10-17/h4-12,15,24H,3,13-14H2,1-2H3. The molecule has 7 nitrogen and oxygen atoms in total. The number of esters is 1. The smallest absolute Gasteiger partial charge is 0.338 e. The molecule has 1 amide bonds. The van der Waals surface area contributed by atoms with E-state index < -0.39 is 12.0 Å². The third-order valence-corrected chi connectivity index (χ3v) is 7.08. The molecular weight excluding hydrogens is 484 g/mol. The number of amides is 1. The number of fused-ring (bicyclic) bond motifs is 1. The van der Waals surface area contributed by atoms with E-state index in [0.717, 1.165) is 11.3 Å². The van der Waals surface area contributed by atoms with Crippen LogP contribution in [0.2, 0.25) is 5.02 Å². The molecule has 0 N–H and O–H groups in total. The number of carbonyl (C=O) groups excluding carboxylic acids is 2. The summed E-state index contributed by atoms with van der Waals surface area (Å²) in [6.07, 6.45) is 2.24. The molecule has 1 fully saturated rings. The number of rotatable bonds is 5. The number of aliphatic imine (C=N–C) groups is 1. The molecule has 0 bridgehead atoms. The zero-order valence-electron chi connectivity index (χ0n) is 19.3. The first-order valence-electron chi connectivity index (χ1n) is 11.3. The fourth-order valence-corrected chi connectivity index (χ4v) is 5.43. The van der Waals surface area contributed by atoms with Gasteiger partial charge in [-0.2, -0.15) is 5.10 Å². The number of ether oxygens (including phenoxy) is 1. The number of halogens is 1.